The molecule has 6 heteroatoms. The predicted octanol–water partition coefficient (Wildman–Crippen LogP) is 3.44. The Kier molecular flexibility index (Phi) is 5.11. The lowest BCUT2D eigenvalue weighted by Crippen LogP contribution is -2.16. The first kappa shape index (κ1) is 17.8. The Morgan fingerprint density at radius 1 is 1.19 bits per heavy atom. The van der Waals surface area contributed by atoms with E-state index in [-0.39, 0.29) is 5.91 Å². The van der Waals surface area contributed by atoms with E-state index in [4.69, 9.17) is 14.2 Å². The maximum absolute atomic E-state index is 12.3. The van der Waals surface area contributed by atoms with Crippen molar-refractivity contribution in [3.8, 4) is 17.2 Å². The van der Waals surface area contributed by atoms with E-state index < -0.39 is 0 Å². The number of hydrogen-bond acceptors (Lipinski definition) is 5. The molecule has 0 spiro atoms. The molecule has 3 rings (SSSR count). The predicted molar refractivity (Wildman–Crippen MR) is 100 cm³/mol. The summed E-state index contributed by atoms with van der Waals surface area (Å²) in [5.41, 5.74) is 4.24. The number of rotatable bonds is 4. The molecule has 0 radical (unpaired) electrons. The molecule has 2 aromatic rings. The van der Waals surface area contributed by atoms with Crippen molar-refractivity contribution in [2.45, 2.75) is 20.8 Å². The van der Waals surface area contributed by atoms with Crippen molar-refractivity contribution >= 4 is 17.7 Å². The number of carbonyl (C=O) groups is 1. The van der Waals surface area contributed by atoms with Crippen molar-refractivity contribution in [3.05, 3.63) is 46.8 Å². The van der Waals surface area contributed by atoms with Crippen molar-refractivity contribution in [2.24, 2.45) is 0 Å². The van der Waals surface area contributed by atoms with Crippen LogP contribution in [0, 0.1) is 20.8 Å². The van der Waals surface area contributed by atoms with Gasteiger partial charge >= 0.3 is 0 Å². The van der Waals surface area contributed by atoms with Crippen LogP contribution >= 0.6 is 0 Å². The first-order chi connectivity index (χ1) is 12.5. The minimum atomic E-state index is -0.226. The molecule has 0 atom stereocenters. The van der Waals surface area contributed by atoms with E-state index in [9.17, 15) is 4.79 Å². The molecule has 1 aromatic carbocycles. The SMILES string of the molecule is COc1cc(/C=C/C(=O)Nc2c(C)cc(C)nc2C)cc2c1OCCO2. The lowest BCUT2D eigenvalue weighted by Gasteiger charge is -2.20. The molecule has 0 saturated heterocycles. The third-order valence-corrected chi connectivity index (χ3v) is 4.05. The van der Waals surface area contributed by atoms with E-state index in [1.165, 1.54) is 6.08 Å². The summed E-state index contributed by atoms with van der Waals surface area (Å²) >= 11 is 0. The zero-order chi connectivity index (χ0) is 18.7. The lowest BCUT2D eigenvalue weighted by atomic mass is 10.1. The van der Waals surface area contributed by atoms with Gasteiger partial charge in [-0.3, -0.25) is 9.78 Å². The van der Waals surface area contributed by atoms with Gasteiger partial charge in [0.25, 0.3) is 0 Å². The highest BCUT2D eigenvalue weighted by Gasteiger charge is 2.17. The standard InChI is InChI=1S/C20H22N2O4/c1-12-9-13(2)21-14(3)19(12)22-18(23)6-5-15-10-16(24-4)20-17(11-15)25-7-8-26-20/h5-6,9-11H,7-8H2,1-4H3,(H,22,23)/b6-5+. The Labute approximate surface area is 152 Å². The quantitative estimate of drug-likeness (QED) is 0.852. The van der Waals surface area contributed by atoms with Crippen LogP contribution in [0.2, 0.25) is 0 Å². The smallest absolute Gasteiger partial charge is 0.248 e. The fraction of sp³-hybridized carbons (Fsp3) is 0.300. The zero-order valence-corrected chi connectivity index (χ0v) is 15.4. The normalized spacial score (nSPS) is 12.9. The van der Waals surface area contributed by atoms with Gasteiger partial charge in [-0.25, -0.2) is 0 Å². The summed E-state index contributed by atoms with van der Waals surface area (Å²) in [4.78, 5) is 16.7. The molecule has 0 fully saturated rings. The van der Waals surface area contributed by atoms with E-state index in [0.29, 0.717) is 30.5 Å². The number of aryl methyl sites for hydroxylation is 3. The van der Waals surface area contributed by atoms with E-state index >= 15 is 0 Å². The average molecular weight is 354 g/mol. The van der Waals surface area contributed by atoms with E-state index in [0.717, 1.165) is 28.2 Å². The largest absolute Gasteiger partial charge is 0.493 e. The summed E-state index contributed by atoms with van der Waals surface area (Å²) in [5.74, 6) is 1.56. The van der Waals surface area contributed by atoms with Gasteiger partial charge in [0.1, 0.15) is 13.2 Å². The van der Waals surface area contributed by atoms with Gasteiger partial charge in [-0.15, -0.1) is 0 Å². The number of hydrogen-bond donors (Lipinski definition) is 1. The van der Waals surface area contributed by atoms with Crippen molar-refractivity contribution in [1.82, 2.24) is 4.98 Å². The Balaban J connectivity index is 1.79. The molecular formula is C20H22N2O4. The summed E-state index contributed by atoms with van der Waals surface area (Å²) in [6.07, 6.45) is 3.19. The molecule has 2 heterocycles. The maximum atomic E-state index is 12.3. The number of fused-ring (bicyclic) bond motifs is 1. The molecule has 1 aliphatic rings. The second-order valence-electron chi connectivity index (χ2n) is 6.11. The van der Waals surface area contributed by atoms with Gasteiger partial charge < -0.3 is 19.5 Å². The van der Waals surface area contributed by atoms with Gasteiger partial charge in [-0.05, 0) is 56.2 Å². The first-order valence-electron chi connectivity index (χ1n) is 8.39. The molecule has 0 bridgehead atoms. The number of benzene rings is 1. The van der Waals surface area contributed by atoms with Gasteiger partial charge in [0.15, 0.2) is 11.5 Å². The molecular weight excluding hydrogens is 332 g/mol. The number of carbonyl (C=O) groups excluding carboxylic acids is 1. The Morgan fingerprint density at radius 3 is 2.69 bits per heavy atom. The number of amides is 1. The number of ether oxygens (including phenoxy) is 3. The molecule has 1 amide bonds. The van der Waals surface area contributed by atoms with Crippen LogP contribution in [0.1, 0.15) is 22.5 Å². The summed E-state index contributed by atoms with van der Waals surface area (Å²) in [5, 5.41) is 2.89. The van der Waals surface area contributed by atoms with Crippen LogP contribution in [-0.4, -0.2) is 31.2 Å². The maximum Gasteiger partial charge on any atom is 0.248 e. The van der Waals surface area contributed by atoms with Gasteiger partial charge in [0, 0.05) is 11.8 Å². The minimum absolute atomic E-state index is 0.226. The highest BCUT2D eigenvalue weighted by molar-refractivity contribution is 6.02. The van der Waals surface area contributed by atoms with Crippen LogP contribution < -0.4 is 19.5 Å². The van der Waals surface area contributed by atoms with Crippen LogP contribution in [0.3, 0.4) is 0 Å². The third-order valence-electron chi connectivity index (χ3n) is 4.05. The monoisotopic (exact) mass is 354 g/mol. The minimum Gasteiger partial charge on any atom is -0.493 e. The molecule has 1 aromatic heterocycles. The zero-order valence-electron chi connectivity index (χ0n) is 15.4. The highest BCUT2D eigenvalue weighted by Crippen LogP contribution is 2.40. The number of aromatic nitrogens is 1. The van der Waals surface area contributed by atoms with Gasteiger partial charge in [-0.1, -0.05) is 0 Å². The highest BCUT2D eigenvalue weighted by atomic mass is 16.6. The first-order valence-corrected chi connectivity index (χ1v) is 8.39. The van der Waals surface area contributed by atoms with Crippen molar-refractivity contribution < 1.29 is 19.0 Å². The number of pyridine rings is 1. The fourth-order valence-corrected chi connectivity index (χ4v) is 2.94. The summed E-state index contributed by atoms with van der Waals surface area (Å²) < 4.78 is 16.5. The molecule has 6 nitrogen and oxygen atoms in total. The average Bonchev–Trinajstić information content (AvgIpc) is 2.62. The van der Waals surface area contributed by atoms with Crippen LogP contribution in [0.4, 0.5) is 5.69 Å². The Hall–Kier alpha value is -3.02. The summed E-state index contributed by atoms with van der Waals surface area (Å²) in [7, 11) is 1.57. The number of nitrogens with one attached hydrogen (secondary N) is 1. The molecule has 26 heavy (non-hydrogen) atoms. The van der Waals surface area contributed by atoms with Crippen LogP contribution in [0.5, 0.6) is 17.2 Å². The van der Waals surface area contributed by atoms with Crippen LogP contribution in [0.15, 0.2) is 24.3 Å². The topological polar surface area (TPSA) is 69.7 Å². The summed E-state index contributed by atoms with van der Waals surface area (Å²) in [6.45, 7) is 6.74. The molecule has 0 aliphatic carbocycles. The van der Waals surface area contributed by atoms with Gasteiger partial charge in [0.05, 0.1) is 18.5 Å². The van der Waals surface area contributed by atoms with Crippen molar-refractivity contribution in [2.75, 3.05) is 25.6 Å². The van der Waals surface area contributed by atoms with Gasteiger partial charge in [0.2, 0.25) is 11.7 Å². The number of methoxy groups -OCH3 is 1. The second-order valence-corrected chi connectivity index (χ2v) is 6.11. The van der Waals surface area contributed by atoms with Crippen molar-refractivity contribution in [1.29, 1.82) is 0 Å². The number of nitrogens with zero attached hydrogens (tertiary/aromatic N) is 1. The van der Waals surface area contributed by atoms with E-state index in [2.05, 4.69) is 10.3 Å². The molecule has 0 saturated carbocycles. The van der Waals surface area contributed by atoms with Gasteiger partial charge in [-0.2, -0.15) is 0 Å². The van der Waals surface area contributed by atoms with Crippen LogP contribution in [-0.2, 0) is 4.79 Å². The Morgan fingerprint density at radius 2 is 1.96 bits per heavy atom. The van der Waals surface area contributed by atoms with E-state index in [1.807, 2.05) is 32.9 Å². The van der Waals surface area contributed by atoms with Crippen molar-refractivity contribution in [3.63, 3.8) is 0 Å². The molecule has 1 aliphatic heterocycles. The van der Waals surface area contributed by atoms with Crippen LogP contribution in [0.25, 0.3) is 6.08 Å². The third kappa shape index (κ3) is 3.79. The lowest BCUT2D eigenvalue weighted by molar-refractivity contribution is -0.111. The molecule has 136 valence electrons. The molecule has 0 unspecified atom stereocenters. The Bertz CT molecular complexity index is 834. The summed E-state index contributed by atoms with van der Waals surface area (Å²) in [6, 6.07) is 5.57. The van der Waals surface area contributed by atoms with E-state index in [1.54, 1.807) is 19.3 Å². The molecule has 1 N–H and O–H groups in total. The fourth-order valence-electron chi connectivity index (χ4n) is 2.94. The number of anilines is 1. The second kappa shape index (κ2) is 7.47.